The lowest BCUT2D eigenvalue weighted by molar-refractivity contribution is 0.0824. The van der Waals surface area contributed by atoms with Crippen molar-refractivity contribution in [1.82, 2.24) is 4.90 Å². The van der Waals surface area contributed by atoms with Crippen molar-refractivity contribution in [3.05, 3.63) is 42.0 Å². The molecule has 1 amide bonds. The number of fused-ring (bicyclic) bond motifs is 1. The molecule has 0 aliphatic carbocycles. The Morgan fingerprint density at radius 2 is 2.00 bits per heavy atom. The summed E-state index contributed by atoms with van der Waals surface area (Å²) in [6, 6.07) is 12.5. The number of benzene rings is 2. The van der Waals surface area contributed by atoms with Gasteiger partial charge in [-0.15, -0.1) is 0 Å². The van der Waals surface area contributed by atoms with Crippen LogP contribution in [-0.4, -0.2) is 32.0 Å². The highest BCUT2D eigenvalue weighted by molar-refractivity contribution is 6.03. The molecule has 0 fully saturated rings. The van der Waals surface area contributed by atoms with E-state index in [0.717, 1.165) is 10.8 Å². The fraction of sp³-hybridized carbons (Fsp3) is 0.214. The maximum Gasteiger partial charge on any atom is 0.257 e. The molecule has 3 nitrogen and oxygen atoms in total. The lowest BCUT2D eigenvalue weighted by atomic mass is 10.0. The topological polar surface area (TPSA) is 29.5 Å². The third-order valence-corrected chi connectivity index (χ3v) is 2.63. The van der Waals surface area contributed by atoms with Gasteiger partial charge in [0.05, 0.1) is 12.7 Å². The van der Waals surface area contributed by atoms with Gasteiger partial charge in [-0.2, -0.15) is 0 Å². The molecule has 0 heterocycles. The number of rotatable bonds is 2. The maximum atomic E-state index is 12.0. The van der Waals surface area contributed by atoms with Crippen molar-refractivity contribution >= 4 is 16.7 Å². The Morgan fingerprint density at radius 3 is 2.65 bits per heavy atom. The lowest BCUT2D eigenvalue weighted by Crippen LogP contribution is -2.22. The van der Waals surface area contributed by atoms with Crippen LogP contribution < -0.4 is 4.74 Å². The van der Waals surface area contributed by atoms with Gasteiger partial charge in [-0.3, -0.25) is 4.79 Å². The molecule has 87 valence electrons. The second kappa shape index (κ2) is 4.45. The second-order valence-electron chi connectivity index (χ2n) is 3.98. The maximum absolute atomic E-state index is 12.0. The third-order valence-electron chi connectivity index (χ3n) is 2.63. The van der Waals surface area contributed by atoms with Gasteiger partial charge in [-0.25, -0.2) is 0 Å². The van der Waals surface area contributed by atoms with E-state index in [1.807, 2.05) is 24.3 Å². The van der Waals surface area contributed by atoms with E-state index in [9.17, 15) is 4.79 Å². The quantitative estimate of drug-likeness (QED) is 0.789. The van der Waals surface area contributed by atoms with Gasteiger partial charge in [0.1, 0.15) is 5.75 Å². The van der Waals surface area contributed by atoms with E-state index < -0.39 is 0 Å². The monoisotopic (exact) mass is 228 g/mol. The van der Waals surface area contributed by atoms with Crippen LogP contribution in [0, 0.1) is 6.07 Å². The fourth-order valence-electron chi connectivity index (χ4n) is 1.79. The number of hydrogen-bond acceptors (Lipinski definition) is 2. The highest BCUT2D eigenvalue weighted by Gasteiger charge is 2.16. The van der Waals surface area contributed by atoms with Crippen LogP contribution in [0.4, 0.5) is 0 Å². The van der Waals surface area contributed by atoms with Crippen LogP contribution in [0.3, 0.4) is 0 Å². The SMILES string of the molecule is COc1c(C(=O)N(C)C)c[c]c2ccccc12. The van der Waals surface area contributed by atoms with Crippen LogP contribution in [0.1, 0.15) is 10.4 Å². The van der Waals surface area contributed by atoms with Crippen molar-refractivity contribution in [2.24, 2.45) is 0 Å². The summed E-state index contributed by atoms with van der Waals surface area (Å²) < 4.78 is 5.36. The van der Waals surface area contributed by atoms with Crippen molar-refractivity contribution < 1.29 is 9.53 Å². The zero-order valence-electron chi connectivity index (χ0n) is 10.2. The smallest absolute Gasteiger partial charge is 0.257 e. The first-order chi connectivity index (χ1) is 8.15. The van der Waals surface area contributed by atoms with Crippen LogP contribution in [0.5, 0.6) is 5.75 Å². The number of carbonyl (C=O) groups is 1. The molecule has 0 atom stereocenters. The highest BCUT2D eigenvalue weighted by atomic mass is 16.5. The van der Waals surface area contributed by atoms with Crippen LogP contribution >= 0.6 is 0 Å². The molecule has 2 aromatic rings. The summed E-state index contributed by atoms with van der Waals surface area (Å²) in [6.07, 6.45) is 0. The zero-order chi connectivity index (χ0) is 12.4. The molecule has 0 aliphatic rings. The van der Waals surface area contributed by atoms with E-state index in [2.05, 4.69) is 6.07 Å². The van der Waals surface area contributed by atoms with Gasteiger partial charge in [-0.05, 0) is 17.5 Å². The molecule has 2 rings (SSSR count). The third kappa shape index (κ3) is 1.96. The molecule has 2 aromatic carbocycles. The average Bonchev–Trinajstić information content (AvgIpc) is 2.36. The largest absolute Gasteiger partial charge is 0.495 e. The summed E-state index contributed by atoms with van der Waals surface area (Å²) in [7, 11) is 5.02. The van der Waals surface area contributed by atoms with Crippen molar-refractivity contribution in [2.75, 3.05) is 21.2 Å². The van der Waals surface area contributed by atoms with Crippen LogP contribution in [0.25, 0.3) is 10.8 Å². The van der Waals surface area contributed by atoms with E-state index >= 15 is 0 Å². The normalized spacial score (nSPS) is 10.3. The molecule has 17 heavy (non-hydrogen) atoms. The van der Waals surface area contributed by atoms with Gasteiger partial charge in [0.25, 0.3) is 5.91 Å². The molecule has 0 saturated heterocycles. The van der Waals surface area contributed by atoms with Crippen molar-refractivity contribution in [3.63, 3.8) is 0 Å². The van der Waals surface area contributed by atoms with E-state index in [-0.39, 0.29) is 5.91 Å². The fourth-order valence-corrected chi connectivity index (χ4v) is 1.79. The number of methoxy groups -OCH3 is 1. The lowest BCUT2D eigenvalue weighted by Gasteiger charge is -2.14. The Labute approximate surface area is 101 Å². The Balaban J connectivity index is 2.69. The van der Waals surface area contributed by atoms with Crippen LogP contribution in [0.2, 0.25) is 0 Å². The molecule has 0 bridgehead atoms. The van der Waals surface area contributed by atoms with Crippen molar-refractivity contribution in [1.29, 1.82) is 0 Å². The standard InChI is InChI=1S/C14H14NO2/c1-15(2)14(16)12-9-8-10-6-4-5-7-11(10)13(12)17-3/h4-7,9H,1-3H3. The van der Waals surface area contributed by atoms with Gasteiger partial charge < -0.3 is 9.64 Å². The first-order valence-corrected chi connectivity index (χ1v) is 5.34. The average molecular weight is 228 g/mol. The number of ether oxygens (including phenoxy) is 1. The summed E-state index contributed by atoms with van der Waals surface area (Å²) in [6.45, 7) is 0. The van der Waals surface area contributed by atoms with Gasteiger partial charge in [0.15, 0.2) is 0 Å². The Morgan fingerprint density at radius 1 is 1.29 bits per heavy atom. The minimum absolute atomic E-state index is 0.0798. The summed E-state index contributed by atoms with van der Waals surface area (Å²) in [4.78, 5) is 13.5. The molecule has 0 saturated carbocycles. The summed E-state index contributed by atoms with van der Waals surface area (Å²) >= 11 is 0. The van der Waals surface area contributed by atoms with Crippen molar-refractivity contribution in [3.8, 4) is 5.75 Å². The van der Waals surface area contributed by atoms with Gasteiger partial charge in [0, 0.05) is 19.5 Å². The molecule has 0 N–H and O–H groups in total. The molecule has 0 spiro atoms. The zero-order valence-corrected chi connectivity index (χ0v) is 10.2. The predicted octanol–water partition coefficient (Wildman–Crippen LogP) is 2.35. The Hall–Kier alpha value is -2.03. The minimum atomic E-state index is -0.0798. The highest BCUT2D eigenvalue weighted by Crippen LogP contribution is 2.29. The van der Waals surface area contributed by atoms with Crippen molar-refractivity contribution in [2.45, 2.75) is 0 Å². The number of amides is 1. The Kier molecular flexibility index (Phi) is 3.00. The van der Waals surface area contributed by atoms with Gasteiger partial charge in [0.2, 0.25) is 0 Å². The van der Waals surface area contributed by atoms with E-state index in [4.69, 9.17) is 4.74 Å². The predicted molar refractivity (Wildman–Crippen MR) is 67.4 cm³/mol. The van der Waals surface area contributed by atoms with E-state index in [1.54, 1.807) is 27.3 Å². The molecular formula is C14H14NO2. The molecule has 0 unspecified atom stereocenters. The molecule has 3 heteroatoms. The second-order valence-corrected chi connectivity index (χ2v) is 3.98. The van der Waals surface area contributed by atoms with E-state index in [1.165, 1.54) is 4.90 Å². The first-order valence-electron chi connectivity index (χ1n) is 5.34. The van der Waals surface area contributed by atoms with Crippen LogP contribution in [0.15, 0.2) is 30.3 Å². The van der Waals surface area contributed by atoms with Gasteiger partial charge >= 0.3 is 0 Å². The number of carbonyl (C=O) groups excluding carboxylic acids is 1. The molecule has 0 aromatic heterocycles. The summed E-state index contributed by atoms with van der Waals surface area (Å²) in [5.74, 6) is 0.530. The molecular weight excluding hydrogens is 214 g/mol. The molecule has 1 radical (unpaired) electrons. The van der Waals surface area contributed by atoms with Gasteiger partial charge in [-0.1, -0.05) is 24.3 Å². The number of hydrogen-bond donors (Lipinski definition) is 0. The number of nitrogens with zero attached hydrogens (tertiary/aromatic N) is 1. The van der Waals surface area contributed by atoms with E-state index in [0.29, 0.717) is 11.3 Å². The molecule has 0 aliphatic heterocycles. The summed E-state index contributed by atoms with van der Waals surface area (Å²) in [5.41, 5.74) is 0.538. The Bertz CT molecular complexity index is 561. The first kappa shape index (κ1) is 11.5. The minimum Gasteiger partial charge on any atom is -0.495 e. The summed E-state index contributed by atoms with van der Waals surface area (Å²) in [5, 5.41) is 1.85. The van der Waals surface area contributed by atoms with Crippen LogP contribution in [-0.2, 0) is 0 Å².